The van der Waals surface area contributed by atoms with Gasteiger partial charge in [0.2, 0.25) is 0 Å². The Morgan fingerprint density at radius 3 is 1.90 bits per heavy atom. The molecule has 0 radical (unpaired) electrons. The molecule has 1 rings (SSSR count). The van der Waals surface area contributed by atoms with Gasteiger partial charge in [-0.2, -0.15) is 0 Å². The predicted molar refractivity (Wildman–Crippen MR) is 68.3 cm³/mol. The summed E-state index contributed by atoms with van der Waals surface area (Å²) in [5.41, 5.74) is 0. The largest absolute Gasteiger partial charge is 0.480 e. The number of urea groups is 1. The Morgan fingerprint density at radius 2 is 1.50 bits per heavy atom. The molecule has 0 bridgehead atoms. The Hall–Kier alpha value is -1.83. The number of carbonyl (C=O) groups excluding carboxylic acids is 1. The molecule has 3 N–H and O–H groups in total. The van der Waals surface area contributed by atoms with Gasteiger partial charge in [-0.25, -0.2) is 4.79 Å². The van der Waals surface area contributed by atoms with Crippen molar-refractivity contribution in [3.05, 3.63) is 0 Å². The number of carboxylic acids is 2. The SMILES string of the molecule is O=C(O)CN(CC(=O)O)C(=O)N(CCO)C1CCCC1. The lowest BCUT2D eigenvalue weighted by molar-refractivity contribution is -0.140. The molecule has 0 atom stereocenters. The van der Waals surface area contributed by atoms with Crippen LogP contribution in [0.5, 0.6) is 0 Å². The van der Waals surface area contributed by atoms with E-state index in [1.165, 1.54) is 4.90 Å². The van der Waals surface area contributed by atoms with Crippen molar-refractivity contribution >= 4 is 18.0 Å². The molecule has 1 fully saturated rings. The highest BCUT2D eigenvalue weighted by Gasteiger charge is 2.31. The first-order valence-corrected chi connectivity index (χ1v) is 6.55. The van der Waals surface area contributed by atoms with Gasteiger partial charge < -0.3 is 25.1 Å². The Morgan fingerprint density at radius 1 is 1.00 bits per heavy atom. The van der Waals surface area contributed by atoms with Gasteiger partial charge in [-0.15, -0.1) is 0 Å². The van der Waals surface area contributed by atoms with Crippen LogP contribution in [0.4, 0.5) is 4.79 Å². The van der Waals surface area contributed by atoms with E-state index in [1.807, 2.05) is 0 Å². The number of rotatable bonds is 7. The number of aliphatic carboxylic acids is 2. The minimum Gasteiger partial charge on any atom is -0.480 e. The Balaban J connectivity index is 2.80. The number of aliphatic hydroxyl groups excluding tert-OH is 1. The van der Waals surface area contributed by atoms with E-state index in [4.69, 9.17) is 15.3 Å². The lowest BCUT2D eigenvalue weighted by atomic mass is 10.2. The molecule has 0 aliphatic heterocycles. The first kappa shape index (κ1) is 16.2. The van der Waals surface area contributed by atoms with Crippen molar-refractivity contribution in [2.75, 3.05) is 26.2 Å². The molecule has 1 saturated carbocycles. The molecule has 0 unspecified atom stereocenters. The van der Waals surface area contributed by atoms with E-state index in [-0.39, 0.29) is 19.2 Å². The number of carboxylic acid groups (broad SMARTS) is 2. The molecule has 2 amide bonds. The van der Waals surface area contributed by atoms with Crippen LogP contribution in [0.15, 0.2) is 0 Å². The zero-order chi connectivity index (χ0) is 15.1. The summed E-state index contributed by atoms with van der Waals surface area (Å²) in [4.78, 5) is 36.0. The second-order valence-corrected chi connectivity index (χ2v) is 4.78. The summed E-state index contributed by atoms with van der Waals surface area (Å²) in [6.07, 6.45) is 3.52. The fraction of sp³-hybridized carbons (Fsp3) is 0.750. The topological polar surface area (TPSA) is 118 Å². The van der Waals surface area contributed by atoms with Gasteiger partial charge >= 0.3 is 18.0 Å². The highest BCUT2D eigenvalue weighted by atomic mass is 16.4. The summed E-state index contributed by atoms with van der Waals surface area (Å²) < 4.78 is 0. The second-order valence-electron chi connectivity index (χ2n) is 4.78. The molecule has 0 aromatic carbocycles. The number of carbonyl (C=O) groups is 3. The van der Waals surface area contributed by atoms with Crippen LogP contribution in [0.1, 0.15) is 25.7 Å². The van der Waals surface area contributed by atoms with Crippen molar-refractivity contribution < 1.29 is 29.7 Å². The maximum atomic E-state index is 12.3. The van der Waals surface area contributed by atoms with Gasteiger partial charge in [-0.3, -0.25) is 9.59 Å². The summed E-state index contributed by atoms with van der Waals surface area (Å²) in [7, 11) is 0. The molecule has 114 valence electrons. The van der Waals surface area contributed by atoms with Gasteiger partial charge in [0, 0.05) is 12.6 Å². The first-order chi connectivity index (χ1) is 9.45. The van der Waals surface area contributed by atoms with E-state index in [9.17, 15) is 14.4 Å². The van der Waals surface area contributed by atoms with Crippen LogP contribution in [0, 0.1) is 0 Å². The molecule has 0 saturated heterocycles. The molecule has 1 aliphatic carbocycles. The summed E-state index contributed by atoms with van der Waals surface area (Å²) in [6, 6.07) is -0.699. The standard InChI is InChI=1S/C12H20N2O6/c15-6-5-14(9-3-1-2-4-9)12(20)13(7-10(16)17)8-11(18)19/h9,15H,1-8H2,(H,16,17)(H,18,19). The van der Waals surface area contributed by atoms with Crippen molar-refractivity contribution in [3.8, 4) is 0 Å². The number of amides is 2. The van der Waals surface area contributed by atoms with Gasteiger partial charge in [-0.1, -0.05) is 12.8 Å². The third-order valence-corrected chi connectivity index (χ3v) is 3.27. The van der Waals surface area contributed by atoms with Crippen LogP contribution in [0.3, 0.4) is 0 Å². The molecule has 8 heteroatoms. The van der Waals surface area contributed by atoms with Crippen LogP contribution >= 0.6 is 0 Å². The molecule has 1 aliphatic rings. The van der Waals surface area contributed by atoms with E-state index >= 15 is 0 Å². The van der Waals surface area contributed by atoms with Gasteiger partial charge in [0.05, 0.1) is 6.61 Å². The highest BCUT2D eigenvalue weighted by molar-refractivity contribution is 5.84. The minimum absolute atomic E-state index is 0.0558. The molecule has 0 aromatic heterocycles. The summed E-state index contributed by atoms with van der Waals surface area (Å²) in [6.45, 7) is -1.49. The molecule has 8 nitrogen and oxygen atoms in total. The molecule has 20 heavy (non-hydrogen) atoms. The van der Waals surface area contributed by atoms with Crippen LogP contribution in [-0.4, -0.2) is 75.4 Å². The van der Waals surface area contributed by atoms with E-state index in [0.29, 0.717) is 0 Å². The number of aliphatic hydroxyl groups is 1. The van der Waals surface area contributed by atoms with Crippen molar-refractivity contribution in [1.82, 2.24) is 9.80 Å². The maximum absolute atomic E-state index is 12.3. The number of hydrogen-bond acceptors (Lipinski definition) is 4. The average molecular weight is 288 g/mol. The highest BCUT2D eigenvalue weighted by Crippen LogP contribution is 2.24. The van der Waals surface area contributed by atoms with E-state index < -0.39 is 31.1 Å². The lowest BCUT2D eigenvalue weighted by Gasteiger charge is -2.32. The molecule has 0 aromatic rings. The molecular formula is C12H20N2O6. The minimum atomic E-state index is -1.27. The molecular weight excluding hydrogens is 268 g/mol. The van der Waals surface area contributed by atoms with E-state index in [2.05, 4.69) is 0 Å². The smallest absolute Gasteiger partial charge is 0.323 e. The van der Waals surface area contributed by atoms with Gasteiger partial charge in [0.25, 0.3) is 0 Å². The van der Waals surface area contributed by atoms with Crippen LogP contribution in [0.25, 0.3) is 0 Å². The third-order valence-electron chi connectivity index (χ3n) is 3.27. The Bertz CT molecular complexity index is 351. The normalized spacial score (nSPS) is 15.1. The summed E-state index contributed by atoms with van der Waals surface area (Å²) in [5.74, 6) is -2.54. The van der Waals surface area contributed by atoms with Crippen LogP contribution < -0.4 is 0 Å². The third kappa shape index (κ3) is 4.69. The average Bonchev–Trinajstić information content (AvgIpc) is 2.86. The lowest BCUT2D eigenvalue weighted by Crippen LogP contribution is -2.51. The van der Waals surface area contributed by atoms with Gasteiger partial charge in [-0.05, 0) is 12.8 Å². The zero-order valence-corrected chi connectivity index (χ0v) is 11.2. The number of hydrogen-bond donors (Lipinski definition) is 3. The summed E-state index contributed by atoms with van der Waals surface area (Å²) in [5, 5.41) is 26.6. The van der Waals surface area contributed by atoms with Crippen LogP contribution in [-0.2, 0) is 9.59 Å². The fourth-order valence-electron chi connectivity index (χ4n) is 2.46. The van der Waals surface area contributed by atoms with Crippen molar-refractivity contribution in [3.63, 3.8) is 0 Å². The molecule has 0 heterocycles. The van der Waals surface area contributed by atoms with Crippen molar-refractivity contribution in [2.24, 2.45) is 0 Å². The zero-order valence-electron chi connectivity index (χ0n) is 11.2. The van der Waals surface area contributed by atoms with E-state index in [0.717, 1.165) is 30.6 Å². The number of nitrogens with zero attached hydrogens (tertiary/aromatic N) is 2. The van der Waals surface area contributed by atoms with Crippen molar-refractivity contribution in [2.45, 2.75) is 31.7 Å². The molecule has 0 spiro atoms. The quantitative estimate of drug-likeness (QED) is 0.597. The fourth-order valence-corrected chi connectivity index (χ4v) is 2.46. The maximum Gasteiger partial charge on any atom is 0.323 e. The van der Waals surface area contributed by atoms with Crippen LogP contribution in [0.2, 0.25) is 0 Å². The van der Waals surface area contributed by atoms with Gasteiger partial charge in [0.1, 0.15) is 13.1 Å². The Labute approximate surface area is 116 Å². The second kappa shape index (κ2) is 7.68. The monoisotopic (exact) mass is 288 g/mol. The van der Waals surface area contributed by atoms with Gasteiger partial charge in [0.15, 0.2) is 0 Å². The van der Waals surface area contributed by atoms with E-state index in [1.54, 1.807) is 0 Å². The van der Waals surface area contributed by atoms with Crippen molar-refractivity contribution in [1.29, 1.82) is 0 Å². The first-order valence-electron chi connectivity index (χ1n) is 6.55. The summed E-state index contributed by atoms with van der Waals surface area (Å²) >= 11 is 0. The predicted octanol–water partition coefficient (Wildman–Crippen LogP) is -0.185. The Kier molecular flexibility index (Phi) is 6.23.